The first-order valence-corrected chi connectivity index (χ1v) is 8.87. The van der Waals surface area contributed by atoms with Crippen LogP contribution < -0.4 is 0 Å². The number of carbonyl (C=O) groups is 1. The molecule has 0 aromatic carbocycles. The largest absolute Gasteiger partial charge is 0.481 e. The van der Waals surface area contributed by atoms with Crippen molar-refractivity contribution in [2.24, 2.45) is 5.92 Å². The molecule has 0 radical (unpaired) electrons. The van der Waals surface area contributed by atoms with Crippen LogP contribution in [0.4, 0.5) is 0 Å². The molecular formula is C14H25NO5S. The van der Waals surface area contributed by atoms with Crippen LogP contribution in [-0.2, 0) is 19.6 Å². The SMILES string of the molecule is CC1(C)CN(S(=O)(=O)C2CCCC2C(=O)O)CC(C)(C)O1. The van der Waals surface area contributed by atoms with Gasteiger partial charge in [-0.15, -0.1) is 0 Å². The number of carboxylic acids is 1. The summed E-state index contributed by atoms with van der Waals surface area (Å²) in [6.45, 7) is 7.97. The Morgan fingerprint density at radius 2 is 1.67 bits per heavy atom. The van der Waals surface area contributed by atoms with E-state index in [0.29, 0.717) is 19.3 Å². The van der Waals surface area contributed by atoms with E-state index >= 15 is 0 Å². The van der Waals surface area contributed by atoms with E-state index in [1.54, 1.807) is 0 Å². The number of nitrogens with zero attached hydrogens (tertiary/aromatic N) is 1. The summed E-state index contributed by atoms with van der Waals surface area (Å²) in [5, 5.41) is 8.44. The normalized spacial score (nSPS) is 33.0. The standard InChI is InChI=1S/C14H25NO5S/c1-13(2)8-15(9-14(3,4)20-13)21(18,19)11-7-5-6-10(11)12(16)17/h10-11H,5-9H2,1-4H3,(H,16,17). The highest BCUT2D eigenvalue weighted by Gasteiger charge is 2.49. The average Bonchev–Trinajstić information content (AvgIpc) is 2.73. The van der Waals surface area contributed by atoms with Crippen LogP contribution in [0.5, 0.6) is 0 Å². The number of ether oxygens (including phenoxy) is 1. The van der Waals surface area contributed by atoms with E-state index in [9.17, 15) is 18.3 Å². The Labute approximate surface area is 126 Å². The van der Waals surface area contributed by atoms with Gasteiger partial charge in [0.05, 0.1) is 22.4 Å². The fraction of sp³-hybridized carbons (Fsp3) is 0.929. The van der Waals surface area contributed by atoms with Crippen LogP contribution in [0.25, 0.3) is 0 Å². The average molecular weight is 319 g/mol. The van der Waals surface area contributed by atoms with Crippen molar-refractivity contribution >= 4 is 16.0 Å². The highest BCUT2D eigenvalue weighted by atomic mass is 32.2. The maximum atomic E-state index is 12.9. The first kappa shape index (κ1) is 16.7. The van der Waals surface area contributed by atoms with Gasteiger partial charge in [-0.3, -0.25) is 4.79 Å². The van der Waals surface area contributed by atoms with Crippen LogP contribution >= 0.6 is 0 Å². The predicted octanol–water partition coefficient (Wildman–Crippen LogP) is 1.46. The molecule has 1 aliphatic carbocycles. The maximum Gasteiger partial charge on any atom is 0.307 e. The molecule has 6 nitrogen and oxygen atoms in total. The summed E-state index contributed by atoms with van der Waals surface area (Å²) >= 11 is 0. The first-order valence-electron chi connectivity index (χ1n) is 7.37. The van der Waals surface area contributed by atoms with Crippen LogP contribution in [0.1, 0.15) is 47.0 Å². The third-order valence-corrected chi connectivity index (χ3v) is 6.49. The molecule has 122 valence electrons. The molecule has 2 fully saturated rings. The lowest BCUT2D eigenvalue weighted by Gasteiger charge is -2.47. The fourth-order valence-electron chi connectivity index (χ4n) is 3.65. The van der Waals surface area contributed by atoms with Gasteiger partial charge in [0.25, 0.3) is 0 Å². The summed E-state index contributed by atoms with van der Waals surface area (Å²) in [5.74, 6) is -1.79. The minimum absolute atomic E-state index is 0.265. The molecule has 0 aromatic rings. The minimum atomic E-state index is -3.63. The van der Waals surface area contributed by atoms with Crippen LogP contribution in [0, 0.1) is 5.92 Å². The number of rotatable bonds is 3. The smallest absolute Gasteiger partial charge is 0.307 e. The van der Waals surface area contributed by atoms with Gasteiger partial charge in [0.2, 0.25) is 10.0 Å². The number of aliphatic carboxylic acids is 1. The van der Waals surface area contributed by atoms with Gasteiger partial charge in [-0.05, 0) is 40.5 Å². The molecule has 1 saturated heterocycles. The minimum Gasteiger partial charge on any atom is -0.481 e. The lowest BCUT2D eigenvalue weighted by molar-refractivity contribution is -0.164. The second-order valence-electron chi connectivity index (χ2n) is 7.35. The van der Waals surface area contributed by atoms with E-state index in [1.165, 1.54) is 4.31 Å². The number of morpholine rings is 1. The summed E-state index contributed by atoms with van der Waals surface area (Å²) in [7, 11) is -3.63. The number of hydrogen-bond donors (Lipinski definition) is 1. The van der Waals surface area contributed by atoms with Gasteiger partial charge in [0, 0.05) is 13.1 Å². The van der Waals surface area contributed by atoms with E-state index in [0.717, 1.165) is 0 Å². The third kappa shape index (κ3) is 3.40. The zero-order chi connectivity index (χ0) is 16.1. The molecule has 1 saturated carbocycles. The molecule has 1 heterocycles. The van der Waals surface area contributed by atoms with Crippen LogP contribution in [0.2, 0.25) is 0 Å². The van der Waals surface area contributed by atoms with Gasteiger partial charge in [-0.25, -0.2) is 8.42 Å². The van der Waals surface area contributed by atoms with Crippen LogP contribution in [-0.4, -0.2) is 53.3 Å². The topological polar surface area (TPSA) is 83.9 Å². The Morgan fingerprint density at radius 1 is 1.14 bits per heavy atom. The van der Waals surface area contributed by atoms with Crippen molar-refractivity contribution in [1.29, 1.82) is 0 Å². The highest BCUT2D eigenvalue weighted by molar-refractivity contribution is 7.89. The first-order chi connectivity index (χ1) is 9.45. The third-order valence-electron chi connectivity index (χ3n) is 4.18. The zero-order valence-electron chi connectivity index (χ0n) is 13.1. The molecule has 1 aliphatic heterocycles. The Kier molecular flexibility index (Phi) is 4.14. The molecule has 2 aliphatic rings. The van der Waals surface area contributed by atoms with Gasteiger partial charge < -0.3 is 9.84 Å². The van der Waals surface area contributed by atoms with Crippen LogP contribution in [0.15, 0.2) is 0 Å². The maximum absolute atomic E-state index is 12.9. The second kappa shape index (κ2) is 5.21. The summed E-state index contributed by atoms with van der Waals surface area (Å²) in [6.07, 6.45) is 1.52. The Balaban J connectivity index is 2.29. The molecule has 2 unspecified atom stereocenters. The molecule has 0 bridgehead atoms. The van der Waals surface area contributed by atoms with Crippen molar-refractivity contribution in [1.82, 2.24) is 4.31 Å². The van der Waals surface area contributed by atoms with Crippen molar-refractivity contribution in [2.45, 2.75) is 63.4 Å². The predicted molar refractivity (Wildman–Crippen MR) is 78.5 cm³/mol. The summed E-state index contributed by atoms with van der Waals surface area (Å²) in [4.78, 5) is 11.3. The van der Waals surface area contributed by atoms with Crippen LogP contribution in [0.3, 0.4) is 0 Å². The van der Waals surface area contributed by atoms with E-state index in [2.05, 4.69) is 0 Å². The van der Waals surface area contributed by atoms with Gasteiger partial charge in [-0.2, -0.15) is 4.31 Å². The summed E-state index contributed by atoms with van der Waals surface area (Å²) in [6, 6.07) is 0. The molecule has 0 amide bonds. The summed E-state index contributed by atoms with van der Waals surface area (Å²) < 4.78 is 33.1. The Bertz CT molecular complexity index is 509. The van der Waals surface area contributed by atoms with Crippen molar-refractivity contribution in [3.05, 3.63) is 0 Å². The van der Waals surface area contributed by atoms with E-state index in [4.69, 9.17) is 4.74 Å². The Hall–Kier alpha value is -0.660. The monoisotopic (exact) mass is 319 g/mol. The molecule has 0 aromatic heterocycles. The van der Waals surface area contributed by atoms with E-state index in [-0.39, 0.29) is 13.1 Å². The van der Waals surface area contributed by atoms with E-state index in [1.807, 2.05) is 27.7 Å². The Morgan fingerprint density at radius 3 is 2.14 bits per heavy atom. The van der Waals surface area contributed by atoms with Crippen molar-refractivity contribution < 1.29 is 23.1 Å². The van der Waals surface area contributed by atoms with E-state index < -0.39 is 38.4 Å². The van der Waals surface area contributed by atoms with Gasteiger partial charge in [0.15, 0.2) is 0 Å². The van der Waals surface area contributed by atoms with Crippen molar-refractivity contribution in [3.63, 3.8) is 0 Å². The van der Waals surface area contributed by atoms with Gasteiger partial charge >= 0.3 is 5.97 Å². The molecule has 0 spiro atoms. The van der Waals surface area contributed by atoms with Crippen molar-refractivity contribution in [3.8, 4) is 0 Å². The molecule has 7 heteroatoms. The molecule has 2 rings (SSSR count). The number of sulfonamides is 1. The second-order valence-corrected chi connectivity index (χ2v) is 9.50. The molecular weight excluding hydrogens is 294 g/mol. The van der Waals surface area contributed by atoms with Crippen molar-refractivity contribution in [2.75, 3.05) is 13.1 Å². The molecule has 1 N–H and O–H groups in total. The molecule has 2 atom stereocenters. The summed E-state index contributed by atoms with van der Waals surface area (Å²) in [5.41, 5.74) is -1.15. The molecule has 21 heavy (non-hydrogen) atoms. The van der Waals surface area contributed by atoms with Gasteiger partial charge in [-0.1, -0.05) is 6.42 Å². The number of hydrogen-bond acceptors (Lipinski definition) is 4. The highest BCUT2D eigenvalue weighted by Crippen LogP contribution is 2.37. The van der Waals surface area contributed by atoms with Gasteiger partial charge in [0.1, 0.15) is 0 Å². The quantitative estimate of drug-likeness (QED) is 0.851. The fourth-order valence-corrected chi connectivity index (χ4v) is 6.15. The number of carboxylic acid groups (broad SMARTS) is 1. The zero-order valence-corrected chi connectivity index (χ0v) is 13.9. The lowest BCUT2D eigenvalue weighted by atomic mass is 10.0. The lowest BCUT2D eigenvalue weighted by Crippen LogP contribution is -2.60.